The average Bonchev–Trinajstić information content (AvgIpc) is 3.05. The van der Waals surface area contributed by atoms with Gasteiger partial charge in [0.05, 0.1) is 5.56 Å². The van der Waals surface area contributed by atoms with E-state index >= 15 is 0 Å². The van der Waals surface area contributed by atoms with E-state index in [1.54, 1.807) is 6.20 Å². The van der Waals surface area contributed by atoms with Crippen molar-refractivity contribution in [2.45, 2.75) is 13.3 Å². The van der Waals surface area contributed by atoms with Crippen molar-refractivity contribution in [3.63, 3.8) is 0 Å². The van der Waals surface area contributed by atoms with Crippen LogP contribution in [0.2, 0.25) is 0 Å². The van der Waals surface area contributed by atoms with E-state index < -0.39 is 0 Å². The van der Waals surface area contributed by atoms with Crippen LogP contribution in [0.5, 0.6) is 0 Å². The topological polar surface area (TPSA) is 84.2 Å². The van der Waals surface area contributed by atoms with E-state index in [1.807, 2.05) is 43.3 Å². The van der Waals surface area contributed by atoms with E-state index in [-0.39, 0.29) is 5.91 Å². The Hall–Kier alpha value is -3.22. The van der Waals surface area contributed by atoms with Crippen molar-refractivity contribution < 1.29 is 9.32 Å². The zero-order chi connectivity index (χ0) is 17.9. The van der Waals surface area contributed by atoms with Crippen LogP contribution >= 0.6 is 0 Å². The minimum Gasteiger partial charge on any atom is -0.354 e. The third-order valence-electron chi connectivity index (χ3n) is 4.44. The minimum absolute atomic E-state index is 0.0821. The third kappa shape index (κ3) is 3.28. The highest BCUT2D eigenvalue weighted by Gasteiger charge is 2.16. The number of pyridine rings is 1. The molecule has 0 spiro atoms. The van der Waals surface area contributed by atoms with E-state index in [9.17, 15) is 4.79 Å². The first-order valence-electron chi connectivity index (χ1n) is 8.58. The molecule has 1 saturated heterocycles. The number of benzene rings is 1. The number of amides is 1. The Morgan fingerprint density at radius 2 is 2.04 bits per heavy atom. The number of carbonyl (C=O) groups is 1. The van der Waals surface area contributed by atoms with Crippen LogP contribution in [0.3, 0.4) is 0 Å². The normalized spacial score (nSPS) is 14.8. The lowest BCUT2D eigenvalue weighted by Crippen LogP contribution is -2.28. The highest BCUT2D eigenvalue weighted by atomic mass is 16.5. The van der Waals surface area contributed by atoms with Crippen LogP contribution in [0.1, 0.15) is 12.0 Å². The number of nitrogens with zero attached hydrogens (tertiary/aromatic N) is 4. The Balaban J connectivity index is 1.54. The van der Waals surface area contributed by atoms with Gasteiger partial charge in [-0.3, -0.25) is 4.79 Å². The highest BCUT2D eigenvalue weighted by Crippen LogP contribution is 2.25. The number of hydrogen-bond acceptors (Lipinski definition) is 6. The second-order valence-electron chi connectivity index (χ2n) is 6.23. The van der Waals surface area contributed by atoms with Crippen molar-refractivity contribution in [3.8, 4) is 22.8 Å². The molecule has 4 rings (SSSR count). The maximum atomic E-state index is 11.5. The predicted molar refractivity (Wildman–Crippen MR) is 97.5 cm³/mol. The number of hydrogen-bond donors (Lipinski definition) is 1. The van der Waals surface area contributed by atoms with Gasteiger partial charge in [-0.25, -0.2) is 4.98 Å². The van der Waals surface area contributed by atoms with E-state index in [1.165, 1.54) is 0 Å². The molecule has 0 saturated carbocycles. The average molecular weight is 349 g/mol. The number of rotatable bonds is 3. The van der Waals surface area contributed by atoms with Gasteiger partial charge in [-0.1, -0.05) is 29.4 Å². The summed E-state index contributed by atoms with van der Waals surface area (Å²) in [7, 11) is 0. The molecule has 132 valence electrons. The van der Waals surface area contributed by atoms with Gasteiger partial charge < -0.3 is 14.7 Å². The van der Waals surface area contributed by atoms with Gasteiger partial charge >= 0.3 is 0 Å². The van der Waals surface area contributed by atoms with Gasteiger partial charge in [0.25, 0.3) is 5.89 Å². The van der Waals surface area contributed by atoms with Crippen LogP contribution in [0, 0.1) is 6.92 Å². The van der Waals surface area contributed by atoms with Crippen LogP contribution in [0.15, 0.2) is 47.1 Å². The maximum absolute atomic E-state index is 11.5. The molecule has 7 heteroatoms. The van der Waals surface area contributed by atoms with E-state index in [2.05, 4.69) is 25.3 Å². The van der Waals surface area contributed by atoms with Crippen molar-refractivity contribution in [1.82, 2.24) is 20.4 Å². The number of aromatic nitrogens is 3. The molecule has 1 N–H and O–H groups in total. The van der Waals surface area contributed by atoms with E-state index in [0.29, 0.717) is 31.2 Å². The fourth-order valence-electron chi connectivity index (χ4n) is 2.97. The summed E-state index contributed by atoms with van der Waals surface area (Å²) < 4.78 is 5.41. The molecule has 0 aliphatic carbocycles. The summed E-state index contributed by atoms with van der Waals surface area (Å²) in [4.78, 5) is 22.5. The van der Waals surface area contributed by atoms with Gasteiger partial charge in [0.1, 0.15) is 5.82 Å². The molecule has 1 fully saturated rings. The number of carbonyl (C=O) groups excluding carboxylic acids is 1. The quantitative estimate of drug-likeness (QED) is 0.782. The van der Waals surface area contributed by atoms with Gasteiger partial charge in [-0.2, -0.15) is 4.98 Å². The fourth-order valence-corrected chi connectivity index (χ4v) is 2.97. The summed E-state index contributed by atoms with van der Waals surface area (Å²) in [6.45, 7) is 4.06. The summed E-state index contributed by atoms with van der Waals surface area (Å²) in [6, 6.07) is 11.8. The molecule has 1 aliphatic heterocycles. The SMILES string of the molecule is Cc1ccccc1-c1noc(-c2ccc(N3CCNC(=O)CC3)nc2)n1. The molecule has 0 radical (unpaired) electrons. The third-order valence-corrected chi connectivity index (χ3v) is 4.44. The predicted octanol–water partition coefficient (Wildman–Crippen LogP) is 2.43. The molecular formula is C19H19N5O2. The van der Waals surface area contributed by atoms with E-state index in [4.69, 9.17) is 4.52 Å². The first-order valence-corrected chi connectivity index (χ1v) is 8.58. The lowest BCUT2D eigenvalue weighted by Gasteiger charge is -2.20. The maximum Gasteiger partial charge on any atom is 0.259 e. The zero-order valence-corrected chi connectivity index (χ0v) is 14.5. The van der Waals surface area contributed by atoms with Gasteiger partial charge in [0.15, 0.2) is 0 Å². The molecule has 1 aromatic carbocycles. The summed E-state index contributed by atoms with van der Waals surface area (Å²) in [5.74, 6) is 1.93. The van der Waals surface area contributed by atoms with Crippen molar-refractivity contribution >= 4 is 11.7 Å². The molecule has 7 nitrogen and oxygen atoms in total. The van der Waals surface area contributed by atoms with Crippen LogP contribution in [-0.2, 0) is 4.79 Å². The minimum atomic E-state index is 0.0821. The van der Waals surface area contributed by atoms with E-state index in [0.717, 1.165) is 29.1 Å². The summed E-state index contributed by atoms with van der Waals surface area (Å²) in [5, 5.41) is 6.95. The monoisotopic (exact) mass is 349 g/mol. The molecule has 26 heavy (non-hydrogen) atoms. The molecule has 2 aromatic heterocycles. The number of anilines is 1. The first kappa shape index (κ1) is 16.3. The molecule has 3 heterocycles. The van der Waals surface area contributed by atoms with Crippen molar-refractivity contribution in [2.24, 2.45) is 0 Å². The Morgan fingerprint density at radius 1 is 1.15 bits per heavy atom. The summed E-state index contributed by atoms with van der Waals surface area (Å²) in [5.41, 5.74) is 2.82. The molecule has 0 unspecified atom stereocenters. The van der Waals surface area contributed by atoms with Crippen LogP contribution < -0.4 is 10.2 Å². The van der Waals surface area contributed by atoms with Gasteiger partial charge in [-0.05, 0) is 24.6 Å². The number of nitrogens with one attached hydrogen (secondary N) is 1. The summed E-state index contributed by atoms with van der Waals surface area (Å²) in [6.07, 6.45) is 2.21. The Bertz CT molecular complexity index is 920. The fraction of sp³-hybridized carbons (Fsp3) is 0.263. The van der Waals surface area contributed by atoms with Crippen molar-refractivity contribution in [2.75, 3.05) is 24.5 Å². The van der Waals surface area contributed by atoms with Gasteiger partial charge in [0.2, 0.25) is 11.7 Å². The Labute approximate surface area is 151 Å². The number of aryl methyl sites for hydroxylation is 1. The second kappa shape index (κ2) is 6.95. The van der Waals surface area contributed by atoms with Crippen molar-refractivity contribution in [1.29, 1.82) is 0 Å². The molecule has 1 aliphatic rings. The molecular weight excluding hydrogens is 330 g/mol. The second-order valence-corrected chi connectivity index (χ2v) is 6.23. The highest BCUT2D eigenvalue weighted by molar-refractivity contribution is 5.77. The van der Waals surface area contributed by atoms with Crippen LogP contribution in [0.25, 0.3) is 22.8 Å². The molecule has 0 bridgehead atoms. The van der Waals surface area contributed by atoms with Crippen LogP contribution in [-0.4, -0.2) is 40.7 Å². The van der Waals surface area contributed by atoms with Crippen LogP contribution in [0.4, 0.5) is 5.82 Å². The smallest absolute Gasteiger partial charge is 0.259 e. The Morgan fingerprint density at radius 3 is 2.85 bits per heavy atom. The standard InChI is InChI=1S/C19H19N5O2/c1-13-4-2-3-5-15(13)18-22-19(26-23-18)14-6-7-16(21-12-14)24-10-8-17(25)20-9-11-24/h2-7,12H,8-11H2,1H3,(H,20,25). The zero-order valence-electron chi connectivity index (χ0n) is 14.5. The lowest BCUT2D eigenvalue weighted by atomic mass is 10.1. The van der Waals surface area contributed by atoms with Gasteiger partial charge in [0, 0.05) is 37.8 Å². The van der Waals surface area contributed by atoms with Crippen molar-refractivity contribution in [3.05, 3.63) is 48.2 Å². The Kier molecular flexibility index (Phi) is 4.35. The molecule has 3 aromatic rings. The van der Waals surface area contributed by atoms with Gasteiger partial charge in [-0.15, -0.1) is 0 Å². The lowest BCUT2D eigenvalue weighted by molar-refractivity contribution is -0.120. The molecule has 1 amide bonds. The largest absolute Gasteiger partial charge is 0.354 e. The first-order chi connectivity index (χ1) is 12.7. The summed E-state index contributed by atoms with van der Waals surface area (Å²) >= 11 is 0. The molecule has 0 atom stereocenters.